The molecule has 10 heteroatoms. The lowest BCUT2D eigenvalue weighted by molar-refractivity contribution is -0.0592. The predicted octanol–water partition coefficient (Wildman–Crippen LogP) is 5.94. The number of benzene rings is 3. The van der Waals surface area contributed by atoms with Crippen LogP contribution in [0.5, 0.6) is 11.5 Å². The van der Waals surface area contributed by atoms with Crippen LogP contribution in [0.25, 0.3) is 11.0 Å². The molecule has 2 saturated heterocycles. The van der Waals surface area contributed by atoms with E-state index in [-0.39, 0.29) is 30.1 Å². The summed E-state index contributed by atoms with van der Waals surface area (Å²) >= 11 is 5.82. The average molecular weight is 580 g/mol. The maximum atomic E-state index is 14.0. The van der Waals surface area contributed by atoms with Crippen LogP contribution in [-0.2, 0) is 24.4 Å². The molecule has 3 aromatic carbocycles. The lowest BCUT2D eigenvalue weighted by atomic mass is 10.1. The number of nitrogens with zero attached hydrogens (tertiary/aromatic N) is 3. The smallest absolute Gasteiger partial charge is 0.335 e. The summed E-state index contributed by atoms with van der Waals surface area (Å²) in [6.45, 7) is 4.02. The summed E-state index contributed by atoms with van der Waals surface area (Å²) in [6, 6.07) is 17.1. The Morgan fingerprint density at radius 3 is 2.66 bits per heavy atom. The summed E-state index contributed by atoms with van der Waals surface area (Å²) in [7, 11) is 0. The normalized spacial score (nSPS) is 17.9. The summed E-state index contributed by atoms with van der Waals surface area (Å²) < 4.78 is 33.8. The van der Waals surface area contributed by atoms with Gasteiger partial charge in [-0.1, -0.05) is 23.7 Å². The van der Waals surface area contributed by atoms with Crippen molar-refractivity contribution in [3.05, 3.63) is 88.5 Å². The molecule has 0 amide bonds. The van der Waals surface area contributed by atoms with E-state index in [9.17, 15) is 14.3 Å². The van der Waals surface area contributed by atoms with E-state index >= 15 is 0 Å². The Balaban J connectivity index is 1.06. The molecule has 6 rings (SSSR count). The molecule has 0 bridgehead atoms. The van der Waals surface area contributed by atoms with E-state index in [1.165, 1.54) is 12.1 Å². The molecule has 0 spiro atoms. The highest BCUT2D eigenvalue weighted by atomic mass is 35.5. The number of rotatable bonds is 10. The van der Waals surface area contributed by atoms with Gasteiger partial charge in [0.1, 0.15) is 24.3 Å². The van der Waals surface area contributed by atoms with Crippen molar-refractivity contribution in [2.75, 3.05) is 19.7 Å². The van der Waals surface area contributed by atoms with Crippen LogP contribution in [0, 0.1) is 5.82 Å². The van der Waals surface area contributed by atoms with Gasteiger partial charge in [0.2, 0.25) is 0 Å². The van der Waals surface area contributed by atoms with Crippen molar-refractivity contribution in [1.29, 1.82) is 0 Å². The summed E-state index contributed by atoms with van der Waals surface area (Å²) in [5.41, 5.74) is 2.77. The van der Waals surface area contributed by atoms with Crippen molar-refractivity contribution in [3.8, 4) is 11.5 Å². The largest absolute Gasteiger partial charge is 0.490 e. The minimum absolute atomic E-state index is 0.0800. The van der Waals surface area contributed by atoms with Gasteiger partial charge in [-0.3, -0.25) is 4.90 Å². The molecule has 2 aliphatic heterocycles. The Morgan fingerprint density at radius 1 is 1.10 bits per heavy atom. The quantitative estimate of drug-likeness (QED) is 0.249. The van der Waals surface area contributed by atoms with Crippen LogP contribution in [-0.4, -0.2) is 57.4 Å². The standard InChI is InChI=1S/C31H31ClFN3O5/c32-22-5-7-29(26(33)16-22)40-19-20-2-1-3-24(14-20)41-23-8-11-35(12-9-23)18-30-34-27-6-4-21(31(37)38)15-28(27)36(30)17-25-10-13-39-25/h1-7,14-16,23,25H,8-13,17-19H2,(H,37,38). The number of likely N-dealkylation sites (tertiary alicyclic amines) is 1. The third-order valence-electron chi connectivity index (χ3n) is 7.64. The van der Waals surface area contributed by atoms with E-state index in [2.05, 4.69) is 9.47 Å². The van der Waals surface area contributed by atoms with Gasteiger partial charge in [0, 0.05) is 24.7 Å². The van der Waals surface area contributed by atoms with Crippen molar-refractivity contribution in [3.63, 3.8) is 0 Å². The van der Waals surface area contributed by atoms with Crippen molar-refractivity contribution in [2.45, 2.75) is 51.2 Å². The van der Waals surface area contributed by atoms with E-state index in [1.807, 2.05) is 24.3 Å². The van der Waals surface area contributed by atoms with E-state index in [0.717, 1.165) is 67.1 Å². The highest BCUT2D eigenvalue weighted by molar-refractivity contribution is 6.30. The SMILES string of the molecule is O=C(O)c1ccc2nc(CN3CCC(Oc4cccc(COc5ccc(Cl)cc5F)c4)CC3)n(CC3CCO3)c2c1. The van der Waals surface area contributed by atoms with Gasteiger partial charge in [0.25, 0.3) is 0 Å². The Kier molecular flexibility index (Phi) is 8.09. The van der Waals surface area contributed by atoms with E-state index in [1.54, 1.807) is 24.3 Å². The van der Waals surface area contributed by atoms with Crippen LogP contribution in [0.15, 0.2) is 60.7 Å². The molecule has 0 saturated carbocycles. The van der Waals surface area contributed by atoms with Crippen LogP contribution in [0.3, 0.4) is 0 Å². The topological polar surface area (TPSA) is 86.0 Å². The van der Waals surface area contributed by atoms with Gasteiger partial charge in [0.05, 0.1) is 35.8 Å². The zero-order valence-electron chi connectivity index (χ0n) is 22.5. The first-order valence-corrected chi connectivity index (χ1v) is 14.2. The molecule has 214 valence electrons. The van der Waals surface area contributed by atoms with Crippen LogP contribution in [0.2, 0.25) is 5.02 Å². The third kappa shape index (κ3) is 6.48. The van der Waals surface area contributed by atoms with Gasteiger partial charge in [-0.25, -0.2) is 14.2 Å². The zero-order valence-corrected chi connectivity index (χ0v) is 23.2. The van der Waals surface area contributed by atoms with Crippen LogP contribution < -0.4 is 9.47 Å². The molecule has 1 atom stereocenters. The number of ether oxygens (including phenoxy) is 3. The van der Waals surface area contributed by atoms with Gasteiger partial charge in [-0.15, -0.1) is 0 Å². The monoisotopic (exact) mass is 579 g/mol. The second kappa shape index (κ2) is 12.1. The van der Waals surface area contributed by atoms with Gasteiger partial charge in [-0.05, 0) is 73.4 Å². The fraction of sp³-hybridized carbons (Fsp3) is 0.355. The minimum atomic E-state index is -0.948. The maximum absolute atomic E-state index is 14.0. The minimum Gasteiger partial charge on any atom is -0.490 e. The highest BCUT2D eigenvalue weighted by Gasteiger charge is 2.26. The second-order valence-corrected chi connectivity index (χ2v) is 11.0. The number of halogens is 2. The summed E-state index contributed by atoms with van der Waals surface area (Å²) in [5.74, 6) is 0.398. The Labute approximate surface area is 242 Å². The first-order valence-electron chi connectivity index (χ1n) is 13.8. The van der Waals surface area contributed by atoms with Crippen molar-refractivity contribution >= 4 is 28.6 Å². The fourth-order valence-electron chi connectivity index (χ4n) is 5.30. The number of piperidine rings is 1. The molecule has 1 N–H and O–H groups in total. The number of carboxylic acids is 1. The summed E-state index contributed by atoms with van der Waals surface area (Å²) in [6.07, 6.45) is 2.94. The first kappa shape index (κ1) is 27.5. The third-order valence-corrected chi connectivity index (χ3v) is 7.88. The fourth-order valence-corrected chi connectivity index (χ4v) is 5.46. The molecule has 2 aliphatic rings. The molecule has 2 fully saturated rings. The van der Waals surface area contributed by atoms with Gasteiger partial charge >= 0.3 is 5.97 Å². The molecule has 1 aromatic heterocycles. The Hall–Kier alpha value is -3.66. The van der Waals surface area contributed by atoms with Crippen LogP contribution in [0.1, 0.15) is 41.0 Å². The first-order chi connectivity index (χ1) is 19.9. The zero-order chi connectivity index (χ0) is 28.3. The summed E-state index contributed by atoms with van der Waals surface area (Å²) in [5, 5.41) is 9.81. The number of hydrogen-bond acceptors (Lipinski definition) is 6. The van der Waals surface area contributed by atoms with E-state index in [4.69, 9.17) is 30.8 Å². The lowest BCUT2D eigenvalue weighted by Crippen LogP contribution is -2.39. The van der Waals surface area contributed by atoms with Crippen molar-refractivity contribution in [1.82, 2.24) is 14.5 Å². The predicted molar refractivity (Wildman–Crippen MR) is 152 cm³/mol. The van der Waals surface area contributed by atoms with Crippen molar-refractivity contribution < 1.29 is 28.5 Å². The lowest BCUT2D eigenvalue weighted by Gasteiger charge is -2.32. The molecular formula is C31H31ClFN3O5. The van der Waals surface area contributed by atoms with Crippen molar-refractivity contribution in [2.24, 2.45) is 0 Å². The molecular weight excluding hydrogens is 549 g/mol. The van der Waals surface area contributed by atoms with E-state index < -0.39 is 11.8 Å². The molecule has 4 aromatic rings. The van der Waals surface area contributed by atoms with Crippen LogP contribution >= 0.6 is 11.6 Å². The van der Waals surface area contributed by atoms with E-state index in [0.29, 0.717) is 18.1 Å². The van der Waals surface area contributed by atoms with Gasteiger partial charge < -0.3 is 23.9 Å². The van der Waals surface area contributed by atoms with Gasteiger partial charge in [0.15, 0.2) is 11.6 Å². The second-order valence-electron chi connectivity index (χ2n) is 10.5. The molecule has 8 nitrogen and oxygen atoms in total. The molecule has 1 unspecified atom stereocenters. The highest BCUT2D eigenvalue weighted by Crippen LogP contribution is 2.26. The maximum Gasteiger partial charge on any atom is 0.335 e. The number of imidazole rings is 1. The number of carboxylic acid groups (broad SMARTS) is 1. The van der Waals surface area contributed by atoms with Gasteiger partial charge in [-0.2, -0.15) is 0 Å². The number of carbonyl (C=O) groups is 1. The Bertz CT molecular complexity index is 1550. The number of aromatic nitrogens is 2. The van der Waals surface area contributed by atoms with Crippen LogP contribution in [0.4, 0.5) is 4.39 Å². The number of hydrogen-bond donors (Lipinski definition) is 1. The molecule has 3 heterocycles. The number of fused-ring (bicyclic) bond motifs is 1. The molecule has 0 radical (unpaired) electrons. The Morgan fingerprint density at radius 2 is 1.93 bits per heavy atom. The summed E-state index contributed by atoms with van der Waals surface area (Å²) in [4.78, 5) is 18.8. The average Bonchev–Trinajstić information content (AvgIpc) is 3.27. The molecule has 0 aliphatic carbocycles. The molecule has 41 heavy (non-hydrogen) atoms. The number of aromatic carboxylic acids is 1.